The highest BCUT2D eigenvalue weighted by Gasteiger charge is 2.46. The standard InChI is InChI=1S/C86H56N2/c1-7-23-51(24-8-1)57-39-58(52-25-9-2-10-26-52)42-61(41-57)79-71-47-75-78(88-86(56-33-17-6-18-34-56)83-69-45-67(81(75)83)63-35-19-21-37-65(63)69)50-74(71)80(62-43-59(53-27-11-3-12-28-53)40-60(44-62)54-29-13-4-14-30-54)72-48-76-77(49-73(72)79)87-85(55-31-15-5-16-32-55)84-70-46-68(82(76)84)64-36-20-22-38-66(64)70/h1-44,47-50,67-70H,45-46H2. The van der Waals surface area contributed by atoms with Gasteiger partial charge in [-0.15, -0.1) is 0 Å². The fraction of sp³-hybridized carbons (Fsp3) is 0.0698. The molecule has 2 heterocycles. The van der Waals surface area contributed by atoms with Gasteiger partial charge in [-0.3, -0.25) is 0 Å². The molecular weight excluding hydrogens is 1060 g/mol. The molecule has 13 aromatic carbocycles. The third kappa shape index (κ3) is 7.48. The van der Waals surface area contributed by atoms with Gasteiger partial charge in [-0.05, 0) is 206 Å². The Morgan fingerprint density at radius 2 is 0.455 bits per heavy atom. The van der Waals surface area contributed by atoms with Gasteiger partial charge in [-0.25, -0.2) is 9.97 Å². The van der Waals surface area contributed by atoms with E-state index in [-0.39, 0.29) is 23.7 Å². The average Bonchev–Trinajstić information content (AvgIpc) is 1.41. The molecule has 2 nitrogen and oxygen atoms in total. The van der Waals surface area contributed by atoms with Crippen LogP contribution in [0.5, 0.6) is 0 Å². The molecule has 0 spiro atoms. The number of hydrogen-bond donors (Lipinski definition) is 0. The topological polar surface area (TPSA) is 25.8 Å². The van der Waals surface area contributed by atoms with Crippen LogP contribution < -0.4 is 0 Å². The molecule has 4 aliphatic carbocycles. The third-order valence-corrected chi connectivity index (χ3v) is 20.3. The highest BCUT2D eigenvalue weighted by molar-refractivity contribution is 6.26. The summed E-state index contributed by atoms with van der Waals surface area (Å²) in [5, 5.41) is 7.23. The number of benzene rings is 13. The van der Waals surface area contributed by atoms with Crippen molar-refractivity contribution in [2.75, 3.05) is 0 Å². The van der Waals surface area contributed by atoms with Crippen LogP contribution >= 0.6 is 0 Å². The molecule has 4 bridgehead atoms. The predicted octanol–water partition coefficient (Wildman–Crippen LogP) is 22.4. The zero-order chi connectivity index (χ0) is 57.6. The molecule has 0 aliphatic heterocycles. The summed E-state index contributed by atoms with van der Waals surface area (Å²) in [7, 11) is 0. The van der Waals surface area contributed by atoms with E-state index in [4.69, 9.17) is 9.97 Å². The Morgan fingerprint density at radius 3 is 0.761 bits per heavy atom. The minimum atomic E-state index is 0.249. The van der Waals surface area contributed by atoms with Gasteiger partial charge in [0.15, 0.2) is 0 Å². The second-order valence-corrected chi connectivity index (χ2v) is 24.9. The fourth-order valence-electron chi connectivity index (χ4n) is 16.6. The van der Waals surface area contributed by atoms with E-state index in [1.807, 2.05) is 0 Å². The molecule has 0 saturated carbocycles. The lowest BCUT2D eigenvalue weighted by Crippen LogP contribution is -2.08. The van der Waals surface area contributed by atoms with Gasteiger partial charge in [0.25, 0.3) is 0 Å². The summed E-state index contributed by atoms with van der Waals surface area (Å²) in [6.07, 6.45) is 2.10. The van der Waals surface area contributed by atoms with E-state index < -0.39 is 0 Å². The zero-order valence-electron chi connectivity index (χ0n) is 48.3. The van der Waals surface area contributed by atoms with Crippen molar-refractivity contribution >= 4 is 43.4 Å². The van der Waals surface area contributed by atoms with Crippen molar-refractivity contribution in [3.8, 4) is 89.3 Å². The fourth-order valence-corrected chi connectivity index (χ4v) is 16.6. The van der Waals surface area contributed by atoms with Gasteiger partial charge in [0.1, 0.15) is 0 Å². The molecule has 0 amide bonds. The average molecular weight is 1120 g/mol. The normalized spacial score (nSPS) is 16.5. The minimum Gasteiger partial charge on any atom is -0.247 e. The number of nitrogens with zero attached hydrogens (tertiary/aromatic N) is 2. The van der Waals surface area contributed by atoms with Gasteiger partial charge in [0.2, 0.25) is 0 Å². The summed E-state index contributed by atoms with van der Waals surface area (Å²) in [6.45, 7) is 0. The first-order valence-corrected chi connectivity index (χ1v) is 31.2. The van der Waals surface area contributed by atoms with Crippen LogP contribution in [0.1, 0.15) is 81.0 Å². The summed E-state index contributed by atoms with van der Waals surface area (Å²) in [6, 6.07) is 109. The van der Waals surface area contributed by atoms with Crippen molar-refractivity contribution in [2.24, 2.45) is 0 Å². The second kappa shape index (κ2) is 19.4. The van der Waals surface area contributed by atoms with E-state index >= 15 is 0 Å². The molecular formula is C86H56N2. The van der Waals surface area contributed by atoms with Crippen LogP contribution in [0.2, 0.25) is 0 Å². The quantitative estimate of drug-likeness (QED) is 0.142. The van der Waals surface area contributed by atoms with Crippen molar-refractivity contribution in [3.63, 3.8) is 0 Å². The molecule has 410 valence electrons. The smallest absolute Gasteiger partial charge is 0.0750 e. The minimum absolute atomic E-state index is 0.249. The summed E-state index contributed by atoms with van der Waals surface area (Å²) in [5.74, 6) is 1.02. The number of hydrogen-bond acceptors (Lipinski definition) is 2. The Morgan fingerprint density at radius 1 is 0.205 bits per heavy atom. The summed E-state index contributed by atoms with van der Waals surface area (Å²) >= 11 is 0. The maximum atomic E-state index is 5.99. The SMILES string of the molecule is c1ccc(-c2cc(-c3ccccc3)cc(-c3c4cc5nc(-c6ccccc6)c6c(c5cc4c(-c4cc(-c5ccccc5)cc(-c5ccccc5)c4)c4cc5nc(-c7ccccc7)c7c(c5cc34)C3CC7c4ccccc43)C3CC6c4ccccc43)c2)cc1. The van der Waals surface area contributed by atoms with Crippen molar-refractivity contribution in [1.29, 1.82) is 0 Å². The van der Waals surface area contributed by atoms with Gasteiger partial charge in [0, 0.05) is 45.6 Å². The maximum Gasteiger partial charge on any atom is 0.0750 e. The van der Waals surface area contributed by atoms with Crippen molar-refractivity contribution < 1.29 is 0 Å². The Bertz CT molecular complexity index is 4910. The lowest BCUT2D eigenvalue weighted by molar-refractivity contribution is 0.797. The molecule has 15 aromatic rings. The van der Waals surface area contributed by atoms with E-state index in [9.17, 15) is 0 Å². The largest absolute Gasteiger partial charge is 0.247 e. The van der Waals surface area contributed by atoms with Crippen molar-refractivity contribution in [3.05, 3.63) is 336 Å². The van der Waals surface area contributed by atoms with Crippen molar-refractivity contribution in [1.82, 2.24) is 9.97 Å². The van der Waals surface area contributed by atoms with Gasteiger partial charge in [-0.2, -0.15) is 0 Å². The Kier molecular flexibility index (Phi) is 10.9. The van der Waals surface area contributed by atoms with Crippen LogP contribution in [0.15, 0.2) is 291 Å². The molecule has 0 fully saturated rings. The molecule has 0 N–H and O–H groups in total. The van der Waals surface area contributed by atoms with Crippen LogP contribution in [-0.4, -0.2) is 9.97 Å². The van der Waals surface area contributed by atoms with Gasteiger partial charge >= 0.3 is 0 Å². The third-order valence-electron chi connectivity index (χ3n) is 20.3. The number of fused-ring (bicyclic) bond motifs is 22. The Hall–Kier alpha value is -10.8. The molecule has 88 heavy (non-hydrogen) atoms. The molecule has 0 saturated heterocycles. The molecule has 0 radical (unpaired) electrons. The second-order valence-electron chi connectivity index (χ2n) is 24.9. The highest BCUT2D eigenvalue weighted by atomic mass is 14.7. The molecule has 19 rings (SSSR count). The molecule has 4 atom stereocenters. The molecule has 2 aromatic heterocycles. The Labute approximate surface area is 511 Å². The first-order valence-electron chi connectivity index (χ1n) is 31.2. The lowest BCUT2D eigenvalue weighted by atomic mass is 9.79. The first kappa shape index (κ1) is 49.5. The van der Waals surface area contributed by atoms with Crippen molar-refractivity contribution in [2.45, 2.75) is 36.5 Å². The van der Waals surface area contributed by atoms with Crippen LogP contribution in [0.4, 0.5) is 0 Å². The van der Waals surface area contributed by atoms with Crippen LogP contribution in [0.25, 0.3) is 133 Å². The van der Waals surface area contributed by atoms with Gasteiger partial charge in [-0.1, -0.05) is 231 Å². The molecule has 4 unspecified atom stereocenters. The Balaban J connectivity index is 1.02. The zero-order valence-corrected chi connectivity index (χ0v) is 48.3. The first-order chi connectivity index (χ1) is 43.6. The van der Waals surface area contributed by atoms with E-state index in [0.29, 0.717) is 0 Å². The predicted molar refractivity (Wildman–Crippen MR) is 365 cm³/mol. The van der Waals surface area contributed by atoms with E-state index in [1.54, 1.807) is 0 Å². The summed E-state index contributed by atoms with van der Waals surface area (Å²) < 4.78 is 0. The van der Waals surface area contributed by atoms with Crippen LogP contribution in [0, 0.1) is 0 Å². The molecule has 4 aliphatic rings. The maximum absolute atomic E-state index is 5.99. The van der Waals surface area contributed by atoms with E-state index in [0.717, 1.165) is 46.4 Å². The van der Waals surface area contributed by atoms with Gasteiger partial charge < -0.3 is 0 Å². The summed E-state index contributed by atoms with van der Waals surface area (Å²) in [4.78, 5) is 12.0. The van der Waals surface area contributed by atoms with Crippen LogP contribution in [-0.2, 0) is 0 Å². The summed E-state index contributed by atoms with van der Waals surface area (Å²) in [5.41, 5.74) is 32.2. The van der Waals surface area contributed by atoms with Crippen LogP contribution in [0.3, 0.4) is 0 Å². The number of aromatic nitrogens is 2. The number of pyridine rings is 2. The van der Waals surface area contributed by atoms with E-state index in [2.05, 4.69) is 291 Å². The monoisotopic (exact) mass is 1120 g/mol. The molecule has 2 heteroatoms. The van der Waals surface area contributed by atoms with E-state index in [1.165, 1.54) is 144 Å². The highest BCUT2D eigenvalue weighted by Crippen LogP contribution is 2.63. The van der Waals surface area contributed by atoms with Gasteiger partial charge in [0.05, 0.1) is 22.4 Å². The lowest BCUT2D eigenvalue weighted by Gasteiger charge is -2.26. The number of rotatable bonds is 8.